The van der Waals surface area contributed by atoms with Gasteiger partial charge in [0, 0.05) is 6.42 Å². The average molecular weight is 338 g/mol. The lowest BCUT2D eigenvalue weighted by molar-refractivity contribution is 0.0956. The highest BCUT2D eigenvalue weighted by Crippen LogP contribution is 2.35. The average Bonchev–Trinajstić information content (AvgIpc) is 2.59. The Morgan fingerprint density at radius 1 is 0.880 bits per heavy atom. The number of benzene rings is 3. The Bertz CT molecular complexity index is 998. The van der Waals surface area contributed by atoms with Gasteiger partial charge in [0.05, 0.1) is 23.8 Å². The Labute approximate surface area is 143 Å². The zero-order chi connectivity index (χ0) is 18.1. The number of hydrogen-bond donors (Lipinski definition) is 4. The number of aliphatic hydroxyl groups excluding tert-OH is 2. The van der Waals surface area contributed by atoms with Crippen molar-refractivity contribution in [3.8, 4) is 0 Å². The number of aliphatic hydroxyl groups is 2. The largest absolute Gasteiger partial charge is 0.394 e. The summed E-state index contributed by atoms with van der Waals surface area (Å²) in [6.45, 7) is -0.418. The fraction of sp³-hybridized carbons (Fsp3) is 0.158. The summed E-state index contributed by atoms with van der Waals surface area (Å²) in [4.78, 5) is 24.3. The molecule has 3 aromatic rings. The van der Waals surface area contributed by atoms with E-state index in [1.54, 1.807) is 42.5 Å². The fourth-order valence-electron chi connectivity index (χ4n) is 3.31. The van der Waals surface area contributed by atoms with Gasteiger partial charge in [-0.05, 0) is 27.1 Å². The topological polar surface area (TPSA) is 127 Å². The van der Waals surface area contributed by atoms with Crippen molar-refractivity contribution >= 4 is 33.4 Å². The van der Waals surface area contributed by atoms with Crippen molar-refractivity contribution < 1.29 is 19.8 Å². The lowest BCUT2D eigenvalue weighted by atomic mass is 9.87. The molecule has 0 radical (unpaired) electrons. The Morgan fingerprint density at radius 3 is 2.00 bits per heavy atom. The van der Waals surface area contributed by atoms with Crippen molar-refractivity contribution in [2.45, 2.75) is 12.5 Å². The van der Waals surface area contributed by atoms with E-state index in [0.717, 1.165) is 0 Å². The summed E-state index contributed by atoms with van der Waals surface area (Å²) in [5, 5.41) is 21.0. The molecule has 0 saturated heterocycles. The predicted octanol–water partition coefficient (Wildman–Crippen LogP) is 1.09. The number of carbonyl (C=O) groups excluding carboxylic acids is 2. The Kier molecular flexibility index (Phi) is 4.39. The fourth-order valence-corrected chi connectivity index (χ4v) is 3.31. The maximum Gasteiger partial charge on any atom is 0.249 e. The van der Waals surface area contributed by atoms with Crippen molar-refractivity contribution in [2.24, 2.45) is 11.5 Å². The molecule has 25 heavy (non-hydrogen) atoms. The van der Waals surface area contributed by atoms with Crippen LogP contribution in [0.5, 0.6) is 0 Å². The second-order valence-electron chi connectivity index (χ2n) is 5.90. The molecule has 0 aliphatic heterocycles. The van der Waals surface area contributed by atoms with Crippen molar-refractivity contribution in [1.82, 2.24) is 0 Å². The zero-order valence-electron chi connectivity index (χ0n) is 13.4. The number of primary amides is 2. The quantitative estimate of drug-likeness (QED) is 0.519. The molecule has 128 valence electrons. The number of amides is 2. The lowest BCUT2D eigenvalue weighted by Crippen LogP contribution is -2.19. The lowest BCUT2D eigenvalue weighted by Gasteiger charge is -2.17. The van der Waals surface area contributed by atoms with Crippen LogP contribution in [0.1, 0.15) is 26.3 Å². The van der Waals surface area contributed by atoms with Gasteiger partial charge in [0.2, 0.25) is 11.8 Å². The van der Waals surface area contributed by atoms with Gasteiger partial charge in [-0.25, -0.2) is 0 Å². The first-order valence-electron chi connectivity index (χ1n) is 7.80. The summed E-state index contributed by atoms with van der Waals surface area (Å²) >= 11 is 0. The first-order chi connectivity index (χ1) is 12.0. The van der Waals surface area contributed by atoms with E-state index in [1.165, 1.54) is 0 Å². The maximum absolute atomic E-state index is 12.2. The molecule has 0 spiro atoms. The van der Waals surface area contributed by atoms with Crippen LogP contribution in [0, 0.1) is 0 Å². The van der Waals surface area contributed by atoms with Gasteiger partial charge in [-0.15, -0.1) is 0 Å². The van der Waals surface area contributed by atoms with Gasteiger partial charge in [0.25, 0.3) is 0 Å². The molecule has 0 saturated carbocycles. The van der Waals surface area contributed by atoms with E-state index in [2.05, 4.69) is 0 Å². The van der Waals surface area contributed by atoms with Gasteiger partial charge in [-0.1, -0.05) is 42.5 Å². The molecule has 6 heteroatoms. The molecule has 0 aromatic heterocycles. The summed E-state index contributed by atoms with van der Waals surface area (Å²) < 4.78 is 0. The molecular weight excluding hydrogens is 320 g/mol. The molecule has 1 atom stereocenters. The van der Waals surface area contributed by atoms with Gasteiger partial charge in [0.1, 0.15) is 0 Å². The van der Waals surface area contributed by atoms with Crippen LogP contribution in [-0.2, 0) is 6.42 Å². The van der Waals surface area contributed by atoms with E-state index < -0.39 is 24.5 Å². The highest BCUT2D eigenvalue weighted by atomic mass is 16.3. The maximum atomic E-state index is 12.2. The number of fused-ring (bicyclic) bond motifs is 2. The number of hydrogen-bond acceptors (Lipinski definition) is 4. The third kappa shape index (κ3) is 2.82. The van der Waals surface area contributed by atoms with Crippen LogP contribution in [0.2, 0.25) is 0 Å². The van der Waals surface area contributed by atoms with Gasteiger partial charge >= 0.3 is 0 Å². The van der Waals surface area contributed by atoms with E-state index >= 15 is 0 Å². The van der Waals surface area contributed by atoms with Crippen LogP contribution < -0.4 is 11.5 Å². The van der Waals surface area contributed by atoms with Gasteiger partial charge in [-0.2, -0.15) is 0 Å². The van der Waals surface area contributed by atoms with Crippen LogP contribution in [0.4, 0.5) is 0 Å². The predicted molar refractivity (Wildman–Crippen MR) is 95.3 cm³/mol. The number of carbonyl (C=O) groups is 2. The molecule has 0 aliphatic rings. The third-order valence-corrected chi connectivity index (χ3v) is 4.29. The van der Waals surface area contributed by atoms with E-state index in [1.807, 2.05) is 0 Å². The molecule has 3 aromatic carbocycles. The van der Waals surface area contributed by atoms with E-state index in [9.17, 15) is 14.7 Å². The standard InChI is InChI=1S/C19H18N2O4/c20-18(24)16-12-5-1-2-6-13(12)17(19(21)25)15-10(8-11(23)9-22)4-3-7-14(15)16/h1-7,11,22-23H,8-9H2,(H2,20,24)(H2,21,25). The monoisotopic (exact) mass is 338 g/mol. The van der Waals surface area contributed by atoms with Gasteiger partial charge < -0.3 is 21.7 Å². The summed E-state index contributed by atoms with van der Waals surface area (Å²) in [5.41, 5.74) is 12.4. The van der Waals surface area contributed by atoms with Crippen molar-refractivity contribution in [2.75, 3.05) is 6.61 Å². The second kappa shape index (κ2) is 6.51. The summed E-state index contributed by atoms with van der Waals surface area (Å²) in [5.74, 6) is -1.25. The van der Waals surface area contributed by atoms with E-state index in [-0.39, 0.29) is 12.0 Å². The highest BCUT2D eigenvalue weighted by Gasteiger charge is 2.22. The van der Waals surface area contributed by atoms with Crippen LogP contribution in [0.3, 0.4) is 0 Å². The molecule has 0 fully saturated rings. The molecule has 3 rings (SSSR count). The summed E-state index contributed by atoms with van der Waals surface area (Å²) in [7, 11) is 0. The van der Waals surface area contributed by atoms with Crippen molar-refractivity contribution in [3.05, 3.63) is 59.2 Å². The molecule has 6 nitrogen and oxygen atoms in total. The van der Waals surface area contributed by atoms with E-state index in [4.69, 9.17) is 16.6 Å². The molecule has 0 bridgehead atoms. The summed E-state index contributed by atoms with van der Waals surface area (Å²) in [6, 6.07) is 12.1. The van der Waals surface area contributed by atoms with Crippen LogP contribution in [0.15, 0.2) is 42.5 Å². The minimum Gasteiger partial charge on any atom is -0.394 e. The summed E-state index contributed by atoms with van der Waals surface area (Å²) in [6.07, 6.45) is -0.875. The number of nitrogens with two attached hydrogens (primary N) is 2. The second-order valence-corrected chi connectivity index (χ2v) is 5.90. The Hall–Kier alpha value is -2.96. The first kappa shape index (κ1) is 16.9. The SMILES string of the molecule is NC(=O)c1c2ccccc2c(C(N)=O)c2c(CC(O)CO)cccc12. The molecule has 0 aliphatic carbocycles. The zero-order valence-corrected chi connectivity index (χ0v) is 13.4. The highest BCUT2D eigenvalue weighted by molar-refractivity contribution is 6.26. The minimum absolute atomic E-state index is 0.116. The Balaban J connectivity index is 2.55. The van der Waals surface area contributed by atoms with Gasteiger partial charge in [0.15, 0.2) is 0 Å². The third-order valence-electron chi connectivity index (χ3n) is 4.29. The van der Waals surface area contributed by atoms with Gasteiger partial charge in [-0.3, -0.25) is 9.59 Å². The van der Waals surface area contributed by atoms with Crippen molar-refractivity contribution in [3.63, 3.8) is 0 Å². The van der Waals surface area contributed by atoms with Crippen LogP contribution in [-0.4, -0.2) is 34.7 Å². The van der Waals surface area contributed by atoms with Crippen molar-refractivity contribution in [1.29, 1.82) is 0 Å². The molecule has 1 unspecified atom stereocenters. The number of rotatable bonds is 5. The van der Waals surface area contributed by atoms with Crippen LogP contribution >= 0.6 is 0 Å². The first-order valence-corrected chi connectivity index (χ1v) is 7.80. The smallest absolute Gasteiger partial charge is 0.249 e. The molecule has 2 amide bonds. The Morgan fingerprint density at radius 2 is 1.44 bits per heavy atom. The molecular formula is C19H18N2O4. The van der Waals surface area contributed by atoms with E-state index in [0.29, 0.717) is 32.7 Å². The molecule has 6 N–H and O–H groups in total. The van der Waals surface area contributed by atoms with Crippen LogP contribution in [0.25, 0.3) is 21.5 Å². The minimum atomic E-state index is -0.991. The normalized spacial score (nSPS) is 12.4. The molecule has 0 heterocycles.